The fourth-order valence-electron chi connectivity index (χ4n) is 3.04. The van der Waals surface area contributed by atoms with Crippen molar-refractivity contribution in [2.75, 3.05) is 19.7 Å². The van der Waals surface area contributed by atoms with Crippen LogP contribution in [-0.4, -0.2) is 38.2 Å². The third-order valence-corrected chi connectivity index (χ3v) is 6.39. The van der Waals surface area contributed by atoms with Gasteiger partial charge in [0.05, 0.1) is 11.5 Å². The molecule has 142 valence electrons. The van der Waals surface area contributed by atoms with Crippen LogP contribution in [0.1, 0.15) is 35.7 Å². The molecule has 1 aliphatic rings. The first-order valence-electron chi connectivity index (χ1n) is 9.07. The second kappa shape index (κ2) is 8.50. The van der Waals surface area contributed by atoms with Crippen molar-refractivity contribution in [3.8, 4) is 5.75 Å². The van der Waals surface area contributed by atoms with E-state index >= 15 is 0 Å². The van der Waals surface area contributed by atoms with E-state index in [1.54, 1.807) is 18.2 Å². The van der Waals surface area contributed by atoms with Crippen molar-refractivity contribution in [3.63, 3.8) is 0 Å². The number of rotatable bonds is 7. The van der Waals surface area contributed by atoms with E-state index in [1.165, 1.54) is 22.5 Å². The van der Waals surface area contributed by atoms with Crippen LogP contribution in [0.3, 0.4) is 0 Å². The molecule has 1 fully saturated rings. The van der Waals surface area contributed by atoms with Crippen LogP contribution in [0.2, 0.25) is 0 Å². The Morgan fingerprint density at radius 2 is 1.74 bits per heavy atom. The Morgan fingerprint density at radius 1 is 1.07 bits per heavy atom. The zero-order chi connectivity index (χ0) is 19.3. The van der Waals surface area contributed by atoms with Gasteiger partial charge in [-0.3, -0.25) is 4.79 Å². The van der Waals surface area contributed by atoms with Crippen molar-refractivity contribution in [1.29, 1.82) is 0 Å². The Morgan fingerprint density at radius 3 is 2.41 bits per heavy atom. The predicted molar refractivity (Wildman–Crippen MR) is 105 cm³/mol. The Kier molecular flexibility index (Phi) is 6.08. The van der Waals surface area contributed by atoms with Crippen LogP contribution in [-0.2, 0) is 10.0 Å². The maximum atomic E-state index is 12.5. The van der Waals surface area contributed by atoms with Crippen molar-refractivity contribution in [3.05, 3.63) is 65.7 Å². The van der Waals surface area contributed by atoms with Gasteiger partial charge >= 0.3 is 0 Å². The summed E-state index contributed by atoms with van der Waals surface area (Å²) in [4.78, 5) is 12.6. The van der Waals surface area contributed by atoms with Crippen molar-refractivity contribution >= 4 is 21.9 Å². The molecule has 2 aromatic rings. The van der Waals surface area contributed by atoms with Gasteiger partial charge in [-0.2, -0.15) is 4.31 Å². The summed E-state index contributed by atoms with van der Waals surface area (Å²) in [5.74, 6) is 0.530. The second-order valence-electron chi connectivity index (χ2n) is 6.30. The van der Waals surface area contributed by atoms with Gasteiger partial charge in [-0.25, -0.2) is 8.42 Å². The summed E-state index contributed by atoms with van der Waals surface area (Å²) in [5.41, 5.74) is 1.27. The lowest BCUT2D eigenvalue weighted by molar-refractivity contribution is 0.104. The summed E-state index contributed by atoms with van der Waals surface area (Å²) < 4.78 is 32.1. The van der Waals surface area contributed by atoms with Gasteiger partial charge in [-0.15, -0.1) is 0 Å². The monoisotopic (exact) mass is 385 g/mol. The molecular weight excluding hydrogens is 362 g/mol. The SMILES string of the molecule is CCOc1ccccc1C=CC(=O)c1ccc(S(=O)(=O)N2CCCC2)cc1. The molecule has 1 heterocycles. The normalized spacial score (nSPS) is 15.3. The Hall–Kier alpha value is -2.44. The summed E-state index contributed by atoms with van der Waals surface area (Å²) in [5, 5.41) is 0. The van der Waals surface area contributed by atoms with E-state index in [0.29, 0.717) is 25.3 Å². The second-order valence-corrected chi connectivity index (χ2v) is 8.24. The zero-order valence-electron chi connectivity index (χ0n) is 15.3. The predicted octanol–water partition coefficient (Wildman–Crippen LogP) is 3.77. The number of nitrogens with zero attached hydrogens (tertiary/aromatic N) is 1. The highest BCUT2D eigenvalue weighted by Crippen LogP contribution is 2.22. The lowest BCUT2D eigenvalue weighted by Crippen LogP contribution is -2.27. The smallest absolute Gasteiger partial charge is 0.243 e. The maximum absolute atomic E-state index is 12.5. The molecule has 2 aromatic carbocycles. The largest absolute Gasteiger partial charge is 0.493 e. The zero-order valence-corrected chi connectivity index (χ0v) is 16.1. The first-order valence-corrected chi connectivity index (χ1v) is 10.5. The van der Waals surface area contributed by atoms with E-state index < -0.39 is 10.0 Å². The highest BCUT2D eigenvalue weighted by molar-refractivity contribution is 7.89. The van der Waals surface area contributed by atoms with Crippen molar-refractivity contribution in [1.82, 2.24) is 4.31 Å². The molecule has 3 rings (SSSR count). The van der Waals surface area contributed by atoms with Crippen LogP contribution in [0, 0.1) is 0 Å². The lowest BCUT2D eigenvalue weighted by atomic mass is 10.1. The summed E-state index contributed by atoms with van der Waals surface area (Å²) in [7, 11) is -3.46. The van der Waals surface area contributed by atoms with Gasteiger partial charge in [0.2, 0.25) is 10.0 Å². The highest BCUT2D eigenvalue weighted by atomic mass is 32.2. The van der Waals surface area contributed by atoms with E-state index in [1.807, 2.05) is 31.2 Å². The van der Waals surface area contributed by atoms with Gasteiger partial charge in [0.15, 0.2) is 5.78 Å². The van der Waals surface area contributed by atoms with E-state index in [0.717, 1.165) is 24.2 Å². The van der Waals surface area contributed by atoms with Gasteiger partial charge in [0.25, 0.3) is 0 Å². The number of para-hydroxylation sites is 1. The summed E-state index contributed by atoms with van der Waals surface area (Å²) in [6, 6.07) is 13.6. The summed E-state index contributed by atoms with van der Waals surface area (Å²) >= 11 is 0. The Labute approximate surface area is 160 Å². The number of carbonyl (C=O) groups excluding carboxylic acids is 1. The van der Waals surface area contributed by atoms with Crippen LogP contribution in [0.4, 0.5) is 0 Å². The van der Waals surface area contributed by atoms with Crippen molar-refractivity contribution in [2.24, 2.45) is 0 Å². The van der Waals surface area contributed by atoms with Gasteiger partial charge in [-0.05, 0) is 62.2 Å². The Balaban J connectivity index is 1.75. The maximum Gasteiger partial charge on any atom is 0.243 e. The van der Waals surface area contributed by atoms with Crippen molar-refractivity contribution < 1.29 is 17.9 Å². The average Bonchev–Trinajstić information content (AvgIpc) is 3.23. The topological polar surface area (TPSA) is 63.7 Å². The first kappa shape index (κ1) is 19.3. The molecule has 0 saturated carbocycles. The van der Waals surface area contributed by atoms with Crippen LogP contribution in [0.15, 0.2) is 59.5 Å². The average molecular weight is 385 g/mol. The molecule has 0 N–H and O–H groups in total. The molecule has 27 heavy (non-hydrogen) atoms. The molecule has 0 unspecified atom stereocenters. The van der Waals surface area contributed by atoms with Gasteiger partial charge in [0.1, 0.15) is 5.75 Å². The number of allylic oxidation sites excluding steroid dienone is 1. The molecule has 1 saturated heterocycles. The molecular formula is C21H23NO4S. The van der Waals surface area contributed by atoms with Gasteiger partial charge in [-0.1, -0.05) is 18.2 Å². The molecule has 0 amide bonds. The fourth-order valence-corrected chi connectivity index (χ4v) is 4.55. The highest BCUT2D eigenvalue weighted by Gasteiger charge is 2.27. The third-order valence-electron chi connectivity index (χ3n) is 4.47. The van der Waals surface area contributed by atoms with E-state index in [2.05, 4.69) is 0 Å². The standard InChI is InChI=1S/C21H23NO4S/c1-2-26-21-8-4-3-7-18(21)11-14-20(23)17-9-12-19(13-10-17)27(24,25)22-15-5-6-16-22/h3-4,7-14H,2,5-6,15-16H2,1H3. The molecule has 0 spiro atoms. The van der Waals surface area contributed by atoms with E-state index in [4.69, 9.17) is 4.74 Å². The van der Waals surface area contributed by atoms with Gasteiger partial charge in [0, 0.05) is 24.2 Å². The minimum atomic E-state index is -3.46. The molecule has 0 bridgehead atoms. The number of hydrogen-bond acceptors (Lipinski definition) is 4. The molecule has 5 nitrogen and oxygen atoms in total. The van der Waals surface area contributed by atoms with Gasteiger partial charge < -0.3 is 4.74 Å². The Bertz CT molecular complexity index is 927. The first-order chi connectivity index (χ1) is 13.0. The molecule has 0 radical (unpaired) electrons. The molecule has 0 atom stereocenters. The van der Waals surface area contributed by atoms with Crippen LogP contribution in [0.25, 0.3) is 6.08 Å². The molecule has 0 aromatic heterocycles. The molecule has 0 aliphatic carbocycles. The van der Waals surface area contributed by atoms with Crippen LogP contribution in [0.5, 0.6) is 5.75 Å². The molecule has 6 heteroatoms. The van der Waals surface area contributed by atoms with Crippen LogP contribution < -0.4 is 4.74 Å². The number of carbonyl (C=O) groups is 1. The third kappa shape index (κ3) is 4.46. The number of hydrogen-bond donors (Lipinski definition) is 0. The number of sulfonamides is 1. The van der Waals surface area contributed by atoms with E-state index in [-0.39, 0.29) is 10.7 Å². The lowest BCUT2D eigenvalue weighted by Gasteiger charge is -2.15. The van der Waals surface area contributed by atoms with Crippen molar-refractivity contribution in [2.45, 2.75) is 24.7 Å². The fraction of sp³-hybridized carbons (Fsp3) is 0.286. The minimum absolute atomic E-state index is 0.188. The quantitative estimate of drug-likeness (QED) is 0.538. The summed E-state index contributed by atoms with van der Waals surface area (Å²) in [6.45, 7) is 3.57. The number of ketones is 1. The van der Waals surface area contributed by atoms with Crippen LogP contribution >= 0.6 is 0 Å². The number of benzene rings is 2. The minimum Gasteiger partial charge on any atom is -0.493 e. The summed E-state index contributed by atoms with van der Waals surface area (Å²) in [6.07, 6.45) is 4.97. The molecule has 1 aliphatic heterocycles. The number of ether oxygens (including phenoxy) is 1. The van der Waals surface area contributed by atoms with E-state index in [9.17, 15) is 13.2 Å².